The summed E-state index contributed by atoms with van der Waals surface area (Å²) in [5.74, 6) is 2.00. The Hall–Kier alpha value is -0.990. The third-order valence-corrected chi connectivity index (χ3v) is 5.18. The molecule has 0 spiro atoms. The number of hydrogen-bond donors (Lipinski definition) is 1. The predicted molar refractivity (Wildman–Crippen MR) is 68.3 cm³/mol. The van der Waals surface area contributed by atoms with Crippen LogP contribution in [0.1, 0.15) is 36.4 Å². The largest absolute Gasteiger partial charge is 0.339 e. The Kier molecular flexibility index (Phi) is 3.32. The standard InChI is InChI=1S/C11H18N4O3S/c1-19(16,17)15-4-2-8(3-5-15)10-13-11(18-14-10)9-6-12-7-9/h8-9,12H,2-7H2,1H3. The van der Waals surface area contributed by atoms with Gasteiger partial charge < -0.3 is 9.84 Å². The number of hydrogen-bond acceptors (Lipinski definition) is 6. The van der Waals surface area contributed by atoms with Crippen molar-refractivity contribution >= 4 is 10.0 Å². The summed E-state index contributed by atoms with van der Waals surface area (Å²) in [6.07, 6.45) is 2.77. The van der Waals surface area contributed by atoms with Crippen LogP contribution in [0.3, 0.4) is 0 Å². The molecular weight excluding hydrogens is 268 g/mol. The van der Waals surface area contributed by atoms with Crippen molar-refractivity contribution in [1.82, 2.24) is 19.8 Å². The molecule has 1 aromatic heterocycles. The Morgan fingerprint density at radius 1 is 1.26 bits per heavy atom. The fraction of sp³-hybridized carbons (Fsp3) is 0.818. The van der Waals surface area contributed by atoms with Crippen LogP contribution in [0.25, 0.3) is 0 Å². The van der Waals surface area contributed by atoms with Gasteiger partial charge in [-0.15, -0.1) is 0 Å². The summed E-state index contributed by atoms with van der Waals surface area (Å²) in [4.78, 5) is 4.46. The Balaban J connectivity index is 1.63. The minimum Gasteiger partial charge on any atom is -0.339 e. The zero-order valence-corrected chi connectivity index (χ0v) is 11.7. The van der Waals surface area contributed by atoms with Gasteiger partial charge in [0, 0.05) is 32.1 Å². The first kappa shape index (κ1) is 13.0. The van der Waals surface area contributed by atoms with Crippen molar-refractivity contribution < 1.29 is 12.9 Å². The molecule has 2 fully saturated rings. The van der Waals surface area contributed by atoms with Gasteiger partial charge in [-0.3, -0.25) is 0 Å². The van der Waals surface area contributed by atoms with Crippen LogP contribution in [-0.2, 0) is 10.0 Å². The van der Waals surface area contributed by atoms with Crippen molar-refractivity contribution in [2.24, 2.45) is 0 Å². The van der Waals surface area contributed by atoms with E-state index in [9.17, 15) is 8.42 Å². The lowest BCUT2D eigenvalue weighted by atomic mass is 9.97. The van der Waals surface area contributed by atoms with E-state index >= 15 is 0 Å². The lowest BCUT2D eigenvalue weighted by Crippen LogP contribution is -2.40. The van der Waals surface area contributed by atoms with E-state index in [1.54, 1.807) is 0 Å². The monoisotopic (exact) mass is 286 g/mol. The smallest absolute Gasteiger partial charge is 0.232 e. The molecule has 3 heterocycles. The quantitative estimate of drug-likeness (QED) is 0.834. The fourth-order valence-corrected chi connectivity index (χ4v) is 3.36. The van der Waals surface area contributed by atoms with E-state index in [0.717, 1.165) is 31.8 Å². The number of nitrogens with zero attached hydrogens (tertiary/aromatic N) is 3. The maximum atomic E-state index is 11.4. The van der Waals surface area contributed by atoms with E-state index in [-0.39, 0.29) is 5.92 Å². The normalized spacial score (nSPS) is 23.4. The molecule has 2 aliphatic rings. The Labute approximate surface area is 112 Å². The Morgan fingerprint density at radius 3 is 2.47 bits per heavy atom. The molecule has 0 atom stereocenters. The molecule has 1 N–H and O–H groups in total. The number of rotatable bonds is 3. The number of piperidine rings is 1. The summed E-state index contributed by atoms with van der Waals surface area (Å²) in [6, 6.07) is 0. The van der Waals surface area contributed by atoms with Gasteiger partial charge in [-0.25, -0.2) is 12.7 Å². The third-order valence-electron chi connectivity index (χ3n) is 3.88. The summed E-state index contributed by atoms with van der Waals surface area (Å²) < 4.78 is 29.7. The second-order valence-electron chi connectivity index (χ2n) is 5.28. The van der Waals surface area contributed by atoms with Gasteiger partial charge in [0.1, 0.15) is 0 Å². The van der Waals surface area contributed by atoms with Crippen molar-refractivity contribution in [3.63, 3.8) is 0 Å². The number of nitrogens with one attached hydrogen (secondary N) is 1. The molecule has 0 aromatic carbocycles. The molecule has 0 bridgehead atoms. The molecule has 0 saturated carbocycles. The van der Waals surface area contributed by atoms with Gasteiger partial charge in [0.2, 0.25) is 15.9 Å². The zero-order valence-electron chi connectivity index (χ0n) is 10.9. The van der Waals surface area contributed by atoms with Gasteiger partial charge in [-0.1, -0.05) is 5.16 Å². The number of sulfonamides is 1. The highest BCUT2D eigenvalue weighted by Gasteiger charge is 2.30. The number of aromatic nitrogens is 2. The molecule has 0 aliphatic carbocycles. The van der Waals surface area contributed by atoms with Crippen LogP contribution < -0.4 is 5.32 Å². The van der Waals surface area contributed by atoms with E-state index in [0.29, 0.717) is 24.9 Å². The SMILES string of the molecule is CS(=O)(=O)N1CCC(c2noc(C3CNC3)n2)CC1. The van der Waals surface area contributed by atoms with E-state index in [1.807, 2.05) is 0 Å². The van der Waals surface area contributed by atoms with Crippen molar-refractivity contribution in [2.75, 3.05) is 32.4 Å². The first-order valence-corrected chi connectivity index (χ1v) is 8.38. The summed E-state index contributed by atoms with van der Waals surface area (Å²) in [5, 5.41) is 7.22. The molecule has 19 heavy (non-hydrogen) atoms. The van der Waals surface area contributed by atoms with Gasteiger partial charge in [0.15, 0.2) is 5.82 Å². The average molecular weight is 286 g/mol. The zero-order chi connectivity index (χ0) is 13.5. The topological polar surface area (TPSA) is 88.3 Å². The molecule has 1 aromatic rings. The summed E-state index contributed by atoms with van der Waals surface area (Å²) in [6.45, 7) is 2.87. The highest BCUT2D eigenvalue weighted by Crippen LogP contribution is 2.28. The third kappa shape index (κ3) is 2.65. The van der Waals surface area contributed by atoms with Crippen LogP contribution in [0.2, 0.25) is 0 Å². The van der Waals surface area contributed by atoms with Crippen LogP contribution >= 0.6 is 0 Å². The summed E-state index contributed by atoms with van der Waals surface area (Å²) in [5.41, 5.74) is 0. The van der Waals surface area contributed by atoms with Crippen molar-refractivity contribution in [2.45, 2.75) is 24.7 Å². The predicted octanol–water partition coefficient (Wildman–Crippen LogP) is -0.105. The van der Waals surface area contributed by atoms with Gasteiger partial charge in [-0.05, 0) is 12.8 Å². The second kappa shape index (κ2) is 4.84. The minimum atomic E-state index is -3.07. The Morgan fingerprint density at radius 2 is 1.95 bits per heavy atom. The lowest BCUT2D eigenvalue weighted by molar-refractivity contribution is 0.294. The van der Waals surface area contributed by atoms with E-state index in [2.05, 4.69) is 15.5 Å². The summed E-state index contributed by atoms with van der Waals surface area (Å²) in [7, 11) is -3.07. The molecule has 2 saturated heterocycles. The first-order chi connectivity index (χ1) is 9.04. The molecule has 0 unspecified atom stereocenters. The van der Waals surface area contributed by atoms with Crippen molar-refractivity contribution in [3.05, 3.63) is 11.7 Å². The van der Waals surface area contributed by atoms with Crippen LogP contribution in [-0.4, -0.2) is 55.3 Å². The van der Waals surface area contributed by atoms with Crippen LogP contribution in [0.4, 0.5) is 0 Å². The fourth-order valence-electron chi connectivity index (χ4n) is 2.49. The van der Waals surface area contributed by atoms with E-state index < -0.39 is 10.0 Å². The molecule has 106 valence electrons. The molecule has 8 heteroatoms. The van der Waals surface area contributed by atoms with Gasteiger partial charge in [0.25, 0.3) is 0 Å². The highest BCUT2D eigenvalue weighted by molar-refractivity contribution is 7.88. The molecule has 7 nitrogen and oxygen atoms in total. The summed E-state index contributed by atoms with van der Waals surface area (Å²) >= 11 is 0. The molecule has 3 rings (SSSR count). The van der Waals surface area contributed by atoms with Gasteiger partial charge in [-0.2, -0.15) is 4.98 Å². The first-order valence-electron chi connectivity index (χ1n) is 6.53. The maximum absolute atomic E-state index is 11.4. The molecule has 2 aliphatic heterocycles. The maximum Gasteiger partial charge on any atom is 0.232 e. The average Bonchev–Trinajstić information content (AvgIpc) is 2.75. The van der Waals surface area contributed by atoms with Crippen molar-refractivity contribution in [3.8, 4) is 0 Å². The second-order valence-corrected chi connectivity index (χ2v) is 7.26. The van der Waals surface area contributed by atoms with Crippen LogP contribution in [0.15, 0.2) is 4.52 Å². The van der Waals surface area contributed by atoms with Crippen LogP contribution in [0, 0.1) is 0 Å². The molecule has 0 amide bonds. The Bertz CT molecular complexity index is 544. The van der Waals surface area contributed by atoms with Crippen molar-refractivity contribution in [1.29, 1.82) is 0 Å². The van der Waals surface area contributed by atoms with E-state index in [4.69, 9.17) is 4.52 Å². The molecular formula is C11H18N4O3S. The van der Waals surface area contributed by atoms with E-state index in [1.165, 1.54) is 10.6 Å². The lowest BCUT2D eigenvalue weighted by Gasteiger charge is -2.28. The van der Waals surface area contributed by atoms with Crippen LogP contribution in [0.5, 0.6) is 0 Å². The minimum absolute atomic E-state index is 0.212. The van der Waals surface area contributed by atoms with Gasteiger partial charge >= 0.3 is 0 Å². The highest BCUT2D eigenvalue weighted by atomic mass is 32.2. The van der Waals surface area contributed by atoms with Gasteiger partial charge in [0.05, 0.1) is 12.2 Å². The molecule has 0 radical (unpaired) electrons.